The van der Waals surface area contributed by atoms with Crippen molar-refractivity contribution in [2.45, 2.75) is 64.7 Å². The first-order chi connectivity index (χ1) is 11.4. The van der Waals surface area contributed by atoms with Gasteiger partial charge in [0, 0.05) is 18.9 Å². The SMILES string of the molecule is CCOCc1nc2cnc3c(c2n1C[C@H]1CCCO1)CCCC3. The lowest BCUT2D eigenvalue weighted by Crippen LogP contribution is -2.18. The smallest absolute Gasteiger partial charge is 0.136 e. The van der Waals surface area contributed by atoms with Gasteiger partial charge in [0.1, 0.15) is 17.9 Å². The van der Waals surface area contributed by atoms with Crippen LogP contribution in [0.15, 0.2) is 6.20 Å². The van der Waals surface area contributed by atoms with Crippen LogP contribution in [0.4, 0.5) is 0 Å². The number of pyridine rings is 1. The van der Waals surface area contributed by atoms with Crippen molar-refractivity contribution in [2.75, 3.05) is 13.2 Å². The molecule has 0 bridgehead atoms. The molecule has 0 saturated carbocycles. The van der Waals surface area contributed by atoms with Crippen LogP contribution >= 0.6 is 0 Å². The summed E-state index contributed by atoms with van der Waals surface area (Å²) >= 11 is 0. The van der Waals surface area contributed by atoms with Gasteiger partial charge in [-0.3, -0.25) is 4.98 Å². The van der Waals surface area contributed by atoms with Crippen molar-refractivity contribution >= 4 is 11.0 Å². The van der Waals surface area contributed by atoms with Crippen LogP contribution < -0.4 is 0 Å². The second kappa shape index (κ2) is 6.57. The summed E-state index contributed by atoms with van der Waals surface area (Å²) in [6.45, 7) is 5.07. The van der Waals surface area contributed by atoms with Gasteiger partial charge in [-0.2, -0.15) is 0 Å². The first kappa shape index (κ1) is 15.1. The topological polar surface area (TPSA) is 49.2 Å². The Morgan fingerprint density at radius 1 is 1.30 bits per heavy atom. The van der Waals surface area contributed by atoms with Gasteiger partial charge in [-0.05, 0) is 51.0 Å². The lowest BCUT2D eigenvalue weighted by Gasteiger charge is -2.19. The predicted molar refractivity (Wildman–Crippen MR) is 88.5 cm³/mol. The fourth-order valence-electron chi connectivity index (χ4n) is 3.85. The van der Waals surface area contributed by atoms with E-state index in [1.54, 1.807) is 0 Å². The summed E-state index contributed by atoms with van der Waals surface area (Å²) in [6, 6.07) is 0. The molecule has 1 aliphatic heterocycles. The second-order valence-electron chi connectivity index (χ2n) is 6.54. The zero-order chi connectivity index (χ0) is 15.6. The Bertz CT molecular complexity index is 689. The Balaban J connectivity index is 1.79. The summed E-state index contributed by atoms with van der Waals surface area (Å²) in [6.07, 6.45) is 9.26. The molecule has 0 N–H and O–H groups in total. The summed E-state index contributed by atoms with van der Waals surface area (Å²) in [7, 11) is 0. The highest BCUT2D eigenvalue weighted by Gasteiger charge is 2.23. The van der Waals surface area contributed by atoms with Gasteiger partial charge in [-0.15, -0.1) is 0 Å². The van der Waals surface area contributed by atoms with Crippen LogP contribution in [-0.2, 0) is 35.5 Å². The molecule has 0 aromatic carbocycles. The molecule has 0 unspecified atom stereocenters. The Morgan fingerprint density at radius 2 is 2.22 bits per heavy atom. The highest BCUT2D eigenvalue weighted by molar-refractivity contribution is 5.80. The maximum absolute atomic E-state index is 5.87. The molecule has 5 heteroatoms. The van der Waals surface area contributed by atoms with Gasteiger partial charge in [0.05, 0.1) is 24.4 Å². The number of fused-ring (bicyclic) bond motifs is 3. The van der Waals surface area contributed by atoms with Crippen LogP contribution in [0.5, 0.6) is 0 Å². The van der Waals surface area contributed by atoms with Crippen LogP contribution in [-0.4, -0.2) is 33.9 Å². The van der Waals surface area contributed by atoms with E-state index in [1.165, 1.54) is 29.6 Å². The van der Waals surface area contributed by atoms with Crippen molar-refractivity contribution in [2.24, 2.45) is 0 Å². The van der Waals surface area contributed by atoms with Gasteiger partial charge < -0.3 is 14.0 Å². The van der Waals surface area contributed by atoms with Gasteiger partial charge in [-0.1, -0.05) is 0 Å². The number of nitrogens with zero attached hydrogens (tertiary/aromatic N) is 3. The van der Waals surface area contributed by atoms with E-state index in [0.29, 0.717) is 19.3 Å². The van der Waals surface area contributed by atoms with Crippen molar-refractivity contribution in [3.8, 4) is 0 Å². The maximum atomic E-state index is 5.87. The van der Waals surface area contributed by atoms with Gasteiger partial charge in [0.2, 0.25) is 0 Å². The molecule has 0 radical (unpaired) electrons. The second-order valence-corrected chi connectivity index (χ2v) is 6.54. The third-order valence-electron chi connectivity index (χ3n) is 4.99. The fraction of sp³-hybridized carbons (Fsp3) is 0.667. The summed E-state index contributed by atoms with van der Waals surface area (Å²) in [5, 5.41) is 0. The molecule has 1 saturated heterocycles. The fourth-order valence-corrected chi connectivity index (χ4v) is 3.85. The van der Waals surface area contributed by atoms with Gasteiger partial charge in [0.25, 0.3) is 0 Å². The Labute approximate surface area is 137 Å². The minimum atomic E-state index is 0.306. The molecule has 23 heavy (non-hydrogen) atoms. The summed E-state index contributed by atoms with van der Waals surface area (Å²) in [4.78, 5) is 9.49. The average Bonchev–Trinajstić information content (AvgIpc) is 3.21. The number of hydrogen-bond donors (Lipinski definition) is 0. The van der Waals surface area contributed by atoms with Crippen LogP contribution in [0.25, 0.3) is 11.0 Å². The van der Waals surface area contributed by atoms with Crippen LogP contribution in [0.3, 0.4) is 0 Å². The van der Waals surface area contributed by atoms with Gasteiger partial charge in [0.15, 0.2) is 0 Å². The Hall–Kier alpha value is -1.46. The first-order valence-corrected chi connectivity index (χ1v) is 8.92. The minimum absolute atomic E-state index is 0.306. The number of ether oxygens (including phenoxy) is 2. The highest BCUT2D eigenvalue weighted by Crippen LogP contribution is 2.29. The van der Waals surface area contributed by atoms with Gasteiger partial charge >= 0.3 is 0 Å². The molecule has 1 atom stereocenters. The number of aromatic nitrogens is 3. The van der Waals surface area contributed by atoms with E-state index >= 15 is 0 Å². The number of rotatable bonds is 5. The molecule has 2 aromatic rings. The van der Waals surface area contributed by atoms with E-state index in [9.17, 15) is 0 Å². The molecule has 1 aliphatic carbocycles. The molecule has 0 spiro atoms. The van der Waals surface area contributed by atoms with Crippen LogP contribution in [0.1, 0.15) is 49.7 Å². The van der Waals surface area contributed by atoms with Crippen molar-refractivity contribution in [3.63, 3.8) is 0 Å². The molecule has 0 amide bonds. The van der Waals surface area contributed by atoms with Crippen molar-refractivity contribution in [1.82, 2.24) is 14.5 Å². The molecule has 5 nitrogen and oxygen atoms in total. The number of hydrogen-bond acceptors (Lipinski definition) is 4. The minimum Gasteiger partial charge on any atom is -0.376 e. The third kappa shape index (κ3) is 2.88. The molecule has 1 fully saturated rings. The van der Waals surface area contributed by atoms with E-state index in [4.69, 9.17) is 14.5 Å². The molecular formula is C18H25N3O2. The predicted octanol–water partition coefficient (Wildman–Crippen LogP) is 3.03. The lowest BCUT2D eigenvalue weighted by atomic mass is 9.95. The molecule has 3 heterocycles. The molecule has 2 aliphatic rings. The van der Waals surface area contributed by atoms with Gasteiger partial charge in [-0.25, -0.2) is 4.98 Å². The normalized spacial score (nSPS) is 21.0. The molecule has 2 aromatic heterocycles. The average molecular weight is 315 g/mol. The van der Waals surface area contributed by atoms with Crippen molar-refractivity contribution in [3.05, 3.63) is 23.3 Å². The zero-order valence-electron chi connectivity index (χ0n) is 13.9. The summed E-state index contributed by atoms with van der Waals surface area (Å²) in [5.41, 5.74) is 4.96. The number of imidazole rings is 1. The van der Waals surface area contributed by atoms with Crippen molar-refractivity contribution in [1.29, 1.82) is 0 Å². The highest BCUT2D eigenvalue weighted by atomic mass is 16.5. The monoisotopic (exact) mass is 315 g/mol. The lowest BCUT2D eigenvalue weighted by molar-refractivity contribution is 0.0913. The maximum Gasteiger partial charge on any atom is 0.136 e. The van der Waals surface area contributed by atoms with Crippen LogP contribution in [0, 0.1) is 0 Å². The summed E-state index contributed by atoms with van der Waals surface area (Å²) < 4.78 is 13.9. The zero-order valence-corrected chi connectivity index (χ0v) is 13.9. The molecular weight excluding hydrogens is 290 g/mol. The van der Waals surface area contributed by atoms with E-state index in [-0.39, 0.29) is 0 Å². The largest absolute Gasteiger partial charge is 0.376 e. The summed E-state index contributed by atoms with van der Waals surface area (Å²) in [5.74, 6) is 1.01. The van der Waals surface area contributed by atoms with Crippen molar-refractivity contribution < 1.29 is 9.47 Å². The number of aryl methyl sites for hydroxylation is 2. The van der Waals surface area contributed by atoms with E-state index in [1.807, 2.05) is 13.1 Å². The standard InChI is InChI=1S/C18H25N3O2/c1-2-22-12-17-20-16-10-19-15-8-4-3-7-14(15)18(16)21(17)11-13-6-5-9-23-13/h10,13H,2-9,11-12H2,1H3/t13-/m1/s1. The Morgan fingerprint density at radius 3 is 3.04 bits per heavy atom. The third-order valence-corrected chi connectivity index (χ3v) is 4.99. The Kier molecular flexibility index (Phi) is 4.31. The van der Waals surface area contributed by atoms with Crippen LogP contribution in [0.2, 0.25) is 0 Å². The quantitative estimate of drug-likeness (QED) is 0.851. The van der Waals surface area contributed by atoms with E-state index in [0.717, 1.165) is 50.2 Å². The molecule has 124 valence electrons. The first-order valence-electron chi connectivity index (χ1n) is 8.92. The van der Waals surface area contributed by atoms with E-state index < -0.39 is 0 Å². The molecule has 4 rings (SSSR count). The van der Waals surface area contributed by atoms with E-state index in [2.05, 4.69) is 9.55 Å².